The van der Waals surface area contributed by atoms with E-state index in [2.05, 4.69) is 11.6 Å². The number of nitrogens with zero attached hydrogens (tertiary/aromatic N) is 1. The second-order valence-corrected chi connectivity index (χ2v) is 9.95. The van der Waals surface area contributed by atoms with E-state index in [1.807, 2.05) is 12.1 Å². The van der Waals surface area contributed by atoms with Gasteiger partial charge >= 0.3 is 0 Å². The third-order valence-electron chi connectivity index (χ3n) is 6.14. The Bertz CT molecular complexity index is 810. The van der Waals surface area contributed by atoms with Gasteiger partial charge in [-0.05, 0) is 57.4 Å². The summed E-state index contributed by atoms with van der Waals surface area (Å²) in [6.07, 6.45) is 8.42. The molecule has 0 bridgehead atoms. The molecule has 0 spiro atoms. The van der Waals surface area contributed by atoms with Gasteiger partial charge in [0.15, 0.2) is 0 Å². The predicted molar refractivity (Wildman–Crippen MR) is 107 cm³/mol. The normalized spacial score (nSPS) is 28.7. The maximum atomic E-state index is 12.8. The van der Waals surface area contributed by atoms with E-state index < -0.39 is 10.0 Å². The second-order valence-electron chi connectivity index (χ2n) is 8.17. The van der Waals surface area contributed by atoms with E-state index in [1.54, 1.807) is 11.5 Å². The summed E-state index contributed by atoms with van der Waals surface area (Å²) < 4.78 is 34.4. The number of nitrogens with one attached hydrogen (secondary N) is 1. The first-order chi connectivity index (χ1) is 12.8. The minimum Gasteiger partial charge on any atom is -0.376 e. The van der Waals surface area contributed by atoms with Crippen LogP contribution >= 0.6 is 0 Å². The Balaban J connectivity index is 1.80. The van der Waals surface area contributed by atoms with Gasteiger partial charge in [-0.1, -0.05) is 19.4 Å². The molecule has 0 aromatic carbocycles. The van der Waals surface area contributed by atoms with Gasteiger partial charge in [0.05, 0.1) is 25.0 Å². The molecule has 7 heteroatoms. The number of pyridine rings is 1. The van der Waals surface area contributed by atoms with Crippen LogP contribution in [0.3, 0.4) is 0 Å². The summed E-state index contributed by atoms with van der Waals surface area (Å²) in [5.41, 5.74) is 1.59. The maximum Gasteiger partial charge on any atom is 0.254 e. The van der Waals surface area contributed by atoms with Gasteiger partial charge in [0, 0.05) is 17.3 Å². The molecule has 0 amide bonds. The molecule has 2 heterocycles. The fraction of sp³-hybridized carbons (Fsp3) is 0.750. The van der Waals surface area contributed by atoms with Gasteiger partial charge in [0.2, 0.25) is 10.0 Å². The zero-order valence-electron chi connectivity index (χ0n) is 16.6. The Kier molecular flexibility index (Phi) is 6.43. The summed E-state index contributed by atoms with van der Waals surface area (Å²) in [6, 6.07) is 3.20. The highest BCUT2D eigenvalue weighted by molar-refractivity contribution is 7.88. The van der Waals surface area contributed by atoms with Gasteiger partial charge in [0.1, 0.15) is 0 Å². The highest BCUT2D eigenvalue weighted by Gasteiger charge is 2.33. The van der Waals surface area contributed by atoms with Crippen LogP contribution in [-0.4, -0.2) is 38.0 Å². The van der Waals surface area contributed by atoms with Crippen molar-refractivity contribution < 1.29 is 13.2 Å². The Morgan fingerprint density at radius 3 is 2.52 bits per heavy atom. The van der Waals surface area contributed by atoms with Gasteiger partial charge in [-0.2, -0.15) is 0 Å². The lowest BCUT2D eigenvalue weighted by molar-refractivity contribution is -0.00694. The van der Waals surface area contributed by atoms with Crippen molar-refractivity contribution in [2.24, 2.45) is 5.92 Å². The number of hydrogen-bond acceptors (Lipinski definition) is 4. The van der Waals surface area contributed by atoms with E-state index in [9.17, 15) is 13.2 Å². The number of hydrogen-bond donors (Lipinski definition) is 1. The maximum absolute atomic E-state index is 12.8. The first-order valence-corrected chi connectivity index (χ1v) is 12.0. The third kappa shape index (κ3) is 5.00. The van der Waals surface area contributed by atoms with Crippen LogP contribution in [0.2, 0.25) is 0 Å². The zero-order chi connectivity index (χ0) is 19.6. The van der Waals surface area contributed by atoms with Crippen LogP contribution in [0.5, 0.6) is 0 Å². The van der Waals surface area contributed by atoms with Crippen molar-refractivity contribution in [2.45, 2.75) is 77.0 Å². The van der Waals surface area contributed by atoms with Crippen LogP contribution in [0.25, 0.3) is 0 Å². The van der Waals surface area contributed by atoms with Crippen molar-refractivity contribution in [1.29, 1.82) is 0 Å². The van der Waals surface area contributed by atoms with Crippen LogP contribution in [0.1, 0.15) is 62.7 Å². The van der Waals surface area contributed by atoms with E-state index in [4.69, 9.17) is 4.74 Å². The van der Waals surface area contributed by atoms with Crippen molar-refractivity contribution in [3.05, 3.63) is 33.7 Å². The fourth-order valence-corrected chi connectivity index (χ4v) is 5.31. The van der Waals surface area contributed by atoms with Crippen molar-refractivity contribution in [3.63, 3.8) is 0 Å². The SMILES string of the molecule is CCC1CCC(OC[C@@H]2[C@@H](NS(C)(=O)=O)CCc3ccc(C)c(=O)n32)CC1. The molecular weight excluding hydrogens is 364 g/mol. The van der Waals surface area contributed by atoms with Crippen LogP contribution in [0, 0.1) is 12.8 Å². The number of aromatic nitrogens is 1. The van der Waals surface area contributed by atoms with Gasteiger partial charge in [0.25, 0.3) is 5.56 Å². The Labute approximate surface area is 162 Å². The summed E-state index contributed by atoms with van der Waals surface area (Å²) in [7, 11) is -3.36. The molecular formula is C20H32N2O4S. The van der Waals surface area contributed by atoms with Gasteiger partial charge in [-0.3, -0.25) is 4.79 Å². The van der Waals surface area contributed by atoms with E-state index >= 15 is 0 Å². The lowest BCUT2D eigenvalue weighted by Gasteiger charge is -2.37. The molecule has 1 aromatic rings. The van der Waals surface area contributed by atoms with E-state index in [0.717, 1.165) is 24.5 Å². The van der Waals surface area contributed by atoms with Crippen LogP contribution in [0.15, 0.2) is 16.9 Å². The monoisotopic (exact) mass is 396 g/mol. The Morgan fingerprint density at radius 1 is 1.19 bits per heavy atom. The molecule has 0 radical (unpaired) electrons. The zero-order valence-corrected chi connectivity index (χ0v) is 17.4. The largest absolute Gasteiger partial charge is 0.376 e. The van der Waals surface area contributed by atoms with Gasteiger partial charge in [-0.25, -0.2) is 13.1 Å². The standard InChI is InChI=1S/C20H32N2O4S/c1-4-15-6-10-17(11-7-15)26-13-19-18(21-27(3,24)25)12-9-16-8-5-14(2)20(23)22(16)19/h5,8,15,17-19,21H,4,6-7,9-13H2,1-3H3/t15?,17?,18-,19+/m0/s1. The highest BCUT2D eigenvalue weighted by atomic mass is 32.2. The number of rotatable bonds is 6. The number of aryl methyl sites for hydroxylation is 2. The molecule has 152 valence electrons. The Morgan fingerprint density at radius 2 is 1.89 bits per heavy atom. The van der Waals surface area contributed by atoms with Crippen molar-refractivity contribution >= 4 is 10.0 Å². The summed E-state index contributed by atoms with van der Waals surface area (Å²) >= 11 is 0. The molecule has 0 unspecified atom stereocenters. The average Bonchev–Trinajstić information content (AvgIpc) is 2.63. The first kappa shape index (κ1) is 20.6. The predicted octanol–water partition coefficient (Wildman–Crippen LogP) is 2.55. The number of fused-ring (bicyclic) bond motifs is 1. The summed E-state index contributed by atoms with van der Waals surface area (Å²) in [6.45, 7) is 4.40. The molecule has 6 nitrogen and oxygen atoms in total. The lowest BCUT2D eigenvalue weighted by Crippen LogP contribution is -2.49. The number of ether oxygens (including phenoxy) is 1. The van der Waals surface area contributed by atoms with Crippen molar-refractivity contribution in [1.82, 2.24) is 9.29 Å². The topological polar surface area (TPSA) is 77.4 Å². The van der Waals surface area contributed by atoms with Crippen molar-refractivity contribution in [3.8, 4) is 0 Å². The Hall–Kier alpha value is -1.18. The molecule has 1 aliphatic carbocycles. The van der Waals surface area contributed by atoms with Gasteiger partial charge < -0.3 is 9.30 Å². The van der Waals surface area contributed by atoms with Gasteiger partial charge in [-0.15, -0.1) is 0 Å². The average molecular weight is 397 g/mol. The minimum absolute atomic E-state index is 0.0456. The smallest absolute Gasteiger partial charge is 0.254 e. The van der Waals surface area contributed by atoms with E-state index in [0.29, 0.717) is 25.0 Å². The summed E-state index contributed by atoms with van der Waals surface area (Å²) in [5, 5.41) is 0. The molecule has 2 atom stereocenters. The summed E-state index contributed by atoms with van der Waals surface area (Å²) in [4.78, 5) is 12.8. The first-order valence-electron chi connectivity index (χ1n) is 10.1. The van der Waals surface area contributed by atoms with Crippen LogP contribution in [0.4, 0.5) is 0 Å². The molecule has 0 saturated heterocycles. The lowest BCUT2D eigenvalue weighted by atomic mass is 9.86. The molecule has 2 aliphatic rings. The summed E-state index contributed by atoms with van der Waals surface area (Å²) in [5.74, 6) is 0.796. The quantitative estimate of drug-likeness (QED) is 0.802. The highest BCUT2D eigenvalue weighted by Crippen LogP contribution is 2.30. The van der Waals surface area contributed by atoms with Crippen molar-refractivity contribution in [2.75, 3.05) is 12.9 Å². The fourth-order valence-electron chi connectivity index (χ4n) is 4.48. The molecule has 1 aromatic heterocycles. The van der Waals surface area contributed by atoms with Crippen LogP contribution < -0.4 is 10.3 Å². The molecule has 1 N–H and O–H groups in total. The second kappa shape index (κ2) is 8.45. The van der Waals surface area contributed by atoms with Crippen LogP contribution in [-0.2, 0) is 21.2 Å². The molecule has 1 saturated carbocycles. The molecule has 1 aliphatic heterocycles. The van der Waals surface area contributed by atoms with E-state index in [-0.39, 0.29) is 23.7 Å². The molecule has 3 rings (SSSR count). The van der Waals surface area contributed by atoms with E-state index in [1.165, 1.54) is 25.5 Å². The minimum atomic E-state index is -3.36. The third-order valence-corrected chi connectivity index (χ3v) is 6.87. The number of sulfonamides is 1. The molecule has 1 fully saturated rings. The molecule has 27 heavy (non-hydrogen) atoms.